The van der Waals surface area contributed by atoms with Crippen LogP contribution < -0.4 is 5.32 Å². The van der Waals surface area contributed by atoms with Crippen LogP contribution in [0.1, 0.15) is 41.6 Å². The highest BCUT2D eigenvalue weighted by atomic mass is 16.5. The van der Waals surface area contributed by atoms with Crippen LogP contribution in [0.3, 0.4) is 0 Å². The highest BCUT2D eigenvalue weighted by Crippen LogP contribution is 2.50. The SMILES string of the molecule is COCC(=O)N1CC2C[C@@H](NC(=O)Cc3c(C)noc3C)C[C@]2(c2nc(C)no2)C1. The van der Waals surface area contributed by atoms with Gasteiger partial charge in [-0.3, -0.25) is 9.59 Å². The molecule has 10 nitrogen and oxygen atoms in total. The average molecular weight is 417 g/mol. The summed E-state index contributed by atoms with van der Waals surface area (Å²) in [7, 11) is 1.51. The molecule has 1 aliphatic heterocycles. The summed E-state index contributed by atoms with van der Waals surface area (Å²) in [6, 6.07) is -0.0325. The summed E-state index contributed by atoms with van der Waals surface area (Å²) in [4.78, 5) is 31.4. The Labute approximate surface area is 174 Å². The lowest BCUT2D eigenvalue weighted by Crippen LogP contribution is -2.40. The Bertz CT molecular complexity index is 934. The molecule has 3 heterocycles. The highest BCUT2D eigenvalue weighted by molar-refractivity contribution is 5.80. The Morgan fingerprint density at radius 2 is 2.07 bits per heavy atom. The van der Waals surface area contributed by atoms with Crippen LogP contribution in [0.4, 0.5) is 0 Å². The number of carbonyl (C=O) groups is 2. The van der Waals surface area contributed by atoms with Crippen molar-refractivity contribution in [1.29, 1.82) is 0 Å². The van der Waals surface area contributed by atoms with E-state index in [9.17, 15) is 9.59 Å². The van der Waals surface area contributed by atoms with Crippen LogP contribution in [0.25, 0.3) is 0 Å². The third kappa shape index (κ3) is 3.60. The Kier molecular flexibility index (Phi) is 5.35. The van der Waals surface area contributed by atoms with Crippen molar-refractivity contribution >= 4 is 11.8 Å². The monoisotopic (exact) mass is 417 g/mol. The van der Waals surface area contributed by atoms with Gasteiger partial charge in [-0.25, -0.2) is 0 Å². The van der Waals surface area contributed by atoms with Gasteiger partial charge in [-0.05, 0) is 39.5 Å². The maximum absolute atomic E-state index is 12.7. The molecule has 0 aromatic carbocycles. The summed E-state index contributed by atoms with van der Waals surface area (Å²) in [6.45, 7) is 6.53. The van der Waals surface area contributed by atoms with Gasteiger partial charge < -0.3 is 24.0 Å². The van der Waals surface area contributed by atoms with E-state index in [1.54, 1.807) is 18.7 Å². The third-order valence-electron chi connectivity index (χ3n) is 6.33. The van der Waals surface area contributed by atoms with Crippen molar-refractivity contribution in [2.24, 2.45) is 5.92 Å². The smallest absolute Gasteiger partial charge is 0.248 e. The van der Waals surface area contributed by atoms with Crippen molar-refractivity contribution in [2.45, 2.75) is 51.5 Å². The lowest BCUT2D eigenvalue weighted by molar-refractivity contribution is -0.134. The maximum atomic E-state index is 12.7. The van der Waals surface area contributed by atoms with Crippen LogP contribution in [0, 0.1) is 26.7 Å². The molecule has 1 saturated carbocycles. The van der Waals surface area contributed by atoms with Crippen molar-refractivity contribution < 1.29 is 23.4 Å². The first kappa shape index (κ1) is 20.5. The largest absolute Gasteiger partial charge is 0.375 e. The molecule has 3 atom stereocenters. The molecular weight excluding hydrogens is 390 g/mol. The number of aromatic nitrogens is 3. The van der Waals surface area contributed by atoms with Gasteiger partial charge in [0.15, 0.2) is 5.82 Å². The van der Waals surface area contributed by atoms with E-state index in [-0.39, 0.29) is 36.8 Å². The van der Waals surface area contributed by atoms with Gasteiger partial charge in [0.25, 0.3) is 0 Å². The number of hydrogen-bond acceptors (Lipinski definition) is 8. The fourth-order valence-corrected chi connectivity index (χ4v) is 4.91. The van der Waals surface area contributed by atoms with E-state index in [0.717, 1.165) is 17.7 Å². The number of methoxy groups -OCH3 is 1. The molecule has 30 heavy (non-hydrogen) atoms. The van der Waals surface area contributed by atoms with Gasteiger partial charge in [0.1, 0.15) is 12.4 Å². The Morgan fingerprint density at radius 3 is 2.70 bits per heavy atom. The van der Waals surface area contributed by atoms with Crippen LogP contribution in [0.5, 0.6) is 0 Å². The molecule has 0 bridgehead atoms. The van der Waals surface area contributed by atoms with Gasteiger partial charge in [0.2, 0.25) is 17.7 Å². The number of hydrogen-bond donors (Lipinski definition) is 1. The molecule has 10 heteroatoms. The van der Waals surface area contributed by atoms with Crippen LogP contribution in [-0.2, 0) is 26.2 Å². The van der Waals surface area contributed by atoms with Crippen molar-refractivity contribution in [1.82, 2.24) is 25.5 Å². The zero-order valence-corrected chi connectivity index (χ0v) is 17.7. The second-order valence-electron chi connectivity index (χ2n) is 8.39. The van der Waals surface area contributed by atoms with Crippen LogP contribution in [-0.4, -0.2) is 64.9 Å². The van der Waals surface area contributed by atoms with E-state index in [2.05, 4.69) is 20.6 Å². The van der Waals surface area contributed by atoms with Gasteiger partial charge in [-0.1, -0.05) is 10.3 Å². The summed E-state index contributed by atoms with van der Waals surface area (Å²) in [5.41, 5.74) is 1.10. The summed E-state index contributed by atoms with van der Waals surface area (Å²) in [6.07, 6.45) is 1.61. The predicted octanol–water partition coefficient (Wildman–Crippen LogP) is 0.847. The number of rotatable bonds is 6. The van der Waals surface area contributed by atoms with Crippen molar-refractivity contribution in [3.63, 3.8) is 0 Å². The number of carbonyl (C=O) groups excluding carboxylic acids is 2. The molecule has 2 fully saturated rings. The van der Waals surface area contributed by atoms with E-state index in [1.807, 2.05) is 6.92 Å². The molecule has 1 aliphatic carbocycles. The first-order valence-electron chi connectivity index (χ1n) is 10.1. The first-order valence-corrected chi connectivity index (χ1v) is 10.1. The molecule has 2 aromatic heterocycles. The normalized spacial score (nSPS) is 25.5. The number of fused-ring (bicyclic) bond motifs is 1. The van der Waals surface area contributed by atoms with E-state index in [0.29, 0.717) is 37.0 Å². The van der Waals surface area contributed by atoms with Gasteiger partial charge in [-0.15, -0.1) is 0 Å². The van der Waals surface area contributed by atoms with Crippen molar-refractivity contribution in [3.8, 4) is 0 Å². The molecular formula is C20H27N5O5. The molecule has 162 valence electrons. The fraction of sp³-hybridized carbons (Fsp3) is 0.650. The quantitative estimate of drug-likeness (QED) is 0.734. The predicted molar refractivity (Wildman–Crippen MR) is 104 cm³/mol. The van der Waals surface area contributed by atoms with Crippen LogP contribution >= 0.6 is 0 Å². The molecule has 2 amide bonds. The van der Waals surface area contributed by atoms with Crippen LogP contribution in [0.2, 0.25) is 0 Å². The van der Waals surface area contributed by atoms with E-state index in [1.165, 1.54) is 7.11 Å². The van der Waals surface area contributed by atoms with E-state index in [4.69, 9.17) is 13.8 Å². The Morgan fingerprint density at radius 1 is 1.27 bits per heavy atom. The second kappa shape index (κ2) is 7.82. The topological polar surface area (TPSA) is 124 Å². The second-order valence-corrected chi connectivity index (χ2v) is 8.39. The highest BCUT2D eigenvalue weighted by Gasteiger charge is 2.58. The van der Waals surface area contributed by atoms with E-state index < -0.39 is 5.41 Å². The number of nitrogens with zero attached hydrogens (tertiary/aromatic N) is 4. The standard InChI is InChI=1S/C20H27N5O5/c1-11-16(12(2)29-23-11)6-17(26)22-15-5-14-8-25(18(27)9-28-4)10-20(14,7-15)19-21-13(3)24-30-19/h14-15H,5-10H2,1-4H3,(H,22,26)/t14?,15-,20+/m1/s1. The zero-order chi connectivity index (χ0) is 21.5. The Hall–Kier alpha value is -2.75. The average Bonchev–Trinajstić information content (AvgIpc) is 3.42. The maximum Gasteiger partial charge on any atom is 0.248 e. The minimum absolute atomic E-state index is 0.0325. The molecule has 0 radical (unpaired) electrons. The van der Waals surface area contributed by atoms with Crippen LogP contribution in [0.15, 0.2) is 9.05 Å². The number of nitrogens with one attached hydrogen (secondary N) is 1. The molecule has 1 saturated heterocycles. The zero-order valence-electron chi connectivity index (χ0n) is 17.7. The fourth-order valence-electron chi connectivity index (χ4n) is 4.91. The summed E-state index contributed by atoms with van der Waals surface area (Å²) in [5, 5.41) is 11.0. The summed E-state index contributed by atoms with van der Waals surface area (Å²) < 4.78 is 15.7. The molecule has 1 N–H and O–H groups in total. The minimum atomic E-state index is -0.453. The molecule has 1 unspecified atom stereocenters. The Balaban J connectivity index is 1.49. The van der Waals surface area contributed by atoms with Gasteiger partial charge >= 0.3 is 0 Å². The van der Waals surface area contributed by atoms with Crippen molar-refractivity contribution in [3.05, 3.63) is 28.7 Å². The number of amides is 2. The number of likely N-dealkylation sites (tertiary alicyclic amines) is 1. The summed E-state index contributed by atoms with van der Waals surface area (Å²) in [5.74, 6) is 1.77. The molecule has 0 spiro atoms. The first-order chi connectivity index (χ1) is 14.3. The molecule has 4 rings (SSSR count). The number of ether oxygens (including phenoxy) is 1. The molecule has 2 aliphatic rings. The van der Waals surface area contributed by atoms with Gasteiger partial charge in [0, 0.05) is 31.8 Å². The third-order valence-corrected chi connectivity index (χ3v) is 6.33. The van der Waals surface area contributed by atoms with Crippen molar-refractivity contribution in [2.75, 3.05) is 26.8 Å². The number of aryl methyl sites for hydroxylation is 3. The minimum Gasteiger partial charge on any atom is -0.375 e. The lowest BCUT2D eigenvalue weighted by Gasteiger charge is -2.25. The molecule has 2 aromatic rings. The van der Waals surface area contributed by atoms with E-state index >= 15 is 0 Å². The lowest BCUT2D eigenvalue weighted by atomic mass is 9.80. The van der Waals surface area contributed by atoms with Gasteiger partial charge in [0.05, 0.1) is 17.5 Å². The summed E-state index contributed by atoms with van der Waals surface area (Å²) >= 11 is 0. The van der Waals surface area contributed by atoms with Gasteiger partial charge in [-0.2, -0.15) is 4.98 Å².